The van der Waals surface area contributed by atoms with Gasteiger partial charge in [-0.05, 0) is 316 Å². The van der Waals surface area contributed by atoms with E-state index in [4.69, 9.17) is 29.9 Å². The maximum Gasteiger partial charge on any atom is 0.0900 e. The molecule has 0 amide bonds. The van der Waals surface area contributed by atoms with Crippen molar-refractivity contribution in [2.75, 3.05) is 98.6 Å². The molecule has 0 radical (unpaired) electrons. The zero-order valence-electron chi connectivity index (χ0n) is 68.4. The van der Waals surface area contributed by atoms with Gasteiger partial charge in [0.25, 0.3) is 0 Å². The fraction of sp³-hybridized carbons (Fsp3) is 0.511. The summed E-state index contributed by atoms with van der Waals surface area (Å²) in [6.45, 7) is 29.7. The van der Waals surface area contributed by atoms with Crippen molar-refractivity contribution in [1.29, 1.82) is 0 Å². The largest absolute Gasteiger partial charge is 0.255 e. The van der Waals surface area contributed by atoms with E-state index in [1.165, 1.54) is 263 Å². The minimum atomic E-state index is -0.849. The molecule has 10 aromatic heterocycles. The molecule has 10 aromatic rings. The molecule has 0 saturated heterocycles. The van der Waals surface area contributed by atoms with Gasteiger partial charge < -0.3 is 0 Å². The number of aryl methyl sites for hydroxylation is 4. The van der Waals surface area contributed by atoms with Crippen molar-refractivity contribution in [2.24, 2.45) is 0 Å². The Morgan fingerprint density at radius 1 is 0.231 bits per heavy atom. The second-order valence-electron chi connectivity index (χ2n) is 30.7. The van der Waals surface area contributed by atoms with Gasteiger partial charge in [-0.15, -0.1) is 45.3 Å². The Morgan fingerprint density at radius 2 is 0.454 bits per heavy atom. The van der Waals surface area contributed by atoms with E-state index in [0.29, 0.717) is 0 Å². The number of rotatable bonds is 49. The number of unbranched alkanes of at least 4 members (excludes halogenated alkanes) is 12. The minimum Gasteiger partial charge on any atom is -0.255 e. The molecule has 0 N–H and O–H groups in total. The Hall–Kier alpha value is -4.58. The molecule has 0 unspecified atom stereocenters. The maximum atomic E-state index is 5.28. The van der Waals surface area contributed by atoms with E-state index in [1.807, 2.05) is 71.7 Å². The van der Waals surface area contributed by atoms with Crippen LogP contribution in [0.4, 0.5) is 0 Å². The van der Waals surface area contributed by atoms with Gasteiger partial charge in [-0.1, -0.05) is 49.9 Å². The first-order valence-electron chi connectivity index (χ1n) is 42.4. The smallest absolute Gasteiger partial charge is 0.0900 e. The molecule has 0 atom stereocenters. The average molecular weight is 1600 g/mol. The first kappa shape index (κ1) is 85.8. The molecule has 0 aliphatic rings. The fourth-order valence-corrected chi connectivity index (χ4v) is 34.8. The Balaban J connectivity index is 1.11. The third-order valence-corrected chi connectivity index (χ3v) is 51.7. The van der Waals surface area contributed by atoms with Crippen molar-refractivity contribution in [3.05, 3.63) is 168 Å². The molecule has 6 nitrogen and oxygen atoms in total. The summed E-state index contributed by atoms with van der Waals surface area (Å²) < 4.78 is 0. The molecule has 0 bridgehead atoms. The predicted molar refractivity (Wildman–Crippen MR) is 496 cm³/mol. The number of thiophene rings is 4. The van der Waals surface area contributed by atoms with Crippen LogP contribution in [0.3, 0.4) is 0 Å². The van der Waals surface area contributed by atoms with Crippen LogP contribution >= 0.6 is 74.4 Å². The fourth-order valence-electron chi connectivity index (χ4n) is 16.7. The van der Waals surface area contributed by atoms with Gasteiger partial charge in [-0.25, -0.2) is 9.97 Å². The summed E-state index contributed by atoms with van der Waals surface area (Å²) in [6.07, 6.45) is 55.2. The molecule has 10 rings (SSSR count). The highest BCUT2D eigenvalue weighted by atomic mass is 32.1. The molecule has 0 saturated carbocycles. The molecule has 10 heterocycles. The normalized spacial score (nSPS) is 12.3. The summed E-state index contributed by atoms with van der Waals surface area (Å²) in [5, 5.41) is 0. The first-order chi connectivity index (χ1) is 52.8. The zero-order valence-corrected chi connectivity index (χ0v) is 75.3. The number of nitrogens with zero attached hydrogens (tertiary/aromatic N) is 6. The quantitative estimate of drug-likeness (QED) is 0.0279. The van der Waals surface area contributed by atoms with Crippen molar-refractivity contribution in [3.8, 4) is 95.7 Å². The van der Waals surface area contributed by atoms with E-state index in [2.05, 4.69) is 203 Å². The molecule has 578 valence electrons. The van der Waals surface area contributed by atoms with Gasteiger partial charge in [-0.2, -0.15) is 0 Å². The lowest BCUT2D eigenvalue weighted by atomic mass is 10.0. The second-order valence-corrected chi connectivity index (χ2v) is 55.0. The molecule has 0 aliphatic carbocycles. The van der Waals surface area contributed by atoms with Crippen molar-refractivity contribution in [3.63, 3.8) is 0 Å². The Bertz CT molecular complexity index is 3840. The molecule has 0 aromatic carbocycles. The third kappa shape index (κ3) is 22.9. The van der Waals surface area contributed by atoms with Crippen LogP contribution in [-0.4, -0.2) is 128 Å². The Morgan fingerprint density at radius 3 is 0.685 bits per heavy atom. The Kier molecular flexibility index (Phi) is 34.7. The lowest BCUT2D eigenvalue weighted by Gasteiger charge is -2.23. The number of hydrogen-bond donors (Lipinski definition) is 0. The summed E-state index contributed by atoms with van der Waals surface area (Å²) in [4.78, 5) is 41.5. The van der Waals surface area contributed by atoms with Crippen molar-refractivity contribution >= 4 is 74.4 Å². The number of aromatic nitrogens is 6. The molecular weight excluding hydrogens is 1470 g/mol. The predicted octanol–water partition coefficient (Wildman–Crippen LogP) is 30.0. The minimum absolute atomic E-state index is 0.837. The van der Waals surface area contributed by atoms with E-state index < -0.39 is 29.0 Å². The highest BCUT2D eigenvalue weighted by molar-refractivity contribution is 7.76. The third-order valence-electron chi connectivity index (χ3n) is 25.2. The van der Waals surface area contributed by atoms with Gasteiger partial charge in [0.1, 0.15) is 0 Å². The van der Waals surface area contributed by atoms with Crippen molar-refractivity contribution in [1.82, 2.24) is 29.9 Å². The molecule has 0 aliphatic heterocycles. The summed E-state index contributed by atoms with van der Waals surface area (Å²) in [5.41, 5.74) is 15.5. The Labute approximate surface area is 673 Å². The van der Waals surface area contributed by atoms with Gasteiger partial charge in [0.15, 0.2) is 0 Å². The van der Waals surface area contributed by atoms with Crippen LogP contribution in [0.2, 0.25) is 0 Å². The topological polar surface area (TPSA) is 77.3 Å². The van der Waals surface area contributed by atoms with E-state index in [9.17, 15) is 0 Å². The monoisotopic (exact) mass is 1600 g/mol. The summed E-state index contributed by atoms with van der Waals surface area (Å²) in [5.74, 6) is 0. The van der Waals surface area contributed by atoms with Crippen LogP contribution in [0, 0.1) is 0 Å². The van der Waals surface area contributed by atoms with E-state index in [0.717, 1.165) is 71.2 Å². The summed E-state index contributed by atoms with van der Waals surface area (Å²) in [6, 6.07) is 44.5. The first-order valence-corrected chi connectivity index (χ1v) is 55.8. The van der Waals surface area contributed by atoms with Crippen LogP contribution < -0.4 is 0 Å². The SMILES string of the molecule is CC[P+](CC)(CC)CCCCCCc1cc(-c2cc(-c3ccccn3)nc(-c3ccccn3)c2)sc1-c1cc(CCCCCC[P+](CC)(CC)CC)c(-c2sc(-c3sc(-c4cc(-c5ccccn5)nc(-c5ccccn5)c4)cc3CCCCCC[P+](CC)(CC)CC)cc2CCCCCC[P+](CC)(CC)CC)s1. The van der Waals surface area contributed by atoms with Crippen LogP contribution in [-0.2, 0) is 25.7 Å². The molecule has 14 heteroatoms. The van der Waals surface area contributed by atoms with Crippen LogP contribution in [0.15, 0.2) is 146 Å². The number of hydrogen-bond acceptors (Lipinski definition) is 10. The molecule has 0 spiro atoms. The van der Waals surface area contributed by atoms with E-state index >= 15 is 0 Å². The maximum absolute atomic E-state index is 5.28. The lowest BCUT2D eigenvalue weighted by molar-refractivity contribution is 0.667. The summed E-state index contributed by atoms with van der Waals surface area (Å²) in [7, 11) is -3.37. The van der Waals surface area contributed by atoms with Gasteiger partial charge in [0.2, 0.25) is 0 Å². The molecular formula is C94H132N6P4S4+4. The van der Waals surface area contributed by atoms with Crippen molar-refractivity contribution < 1.29 is 0 Å². The highest BCUT2D eigenvalue weighted by Crippen LogP contribution is 2.61. The second kappa shape index (κ2) is 43.6. The van der Waals surface area contributed by atoms with Crippen LogP contribution in [0.25, 0.3) is 95.7 Å². The van der Waals surface area contributed by atoms with E-state index in [1.54, 1.807) is 11.1 Å². The standard InChI is InChI=1S/C94H132N6P4S4/c1-13-101(14-2,15-3)61-45-29-25-33-49-73-69-87(77-65-83(79-53-37-41-57-95-79)99-84(66-77)80-54-38-42-58-96-80)105-91(73)89-71-75(51-35-27-31-47-63-103(19-7,20-8)21-9)93(107-89)94-76(52-36-28-32-48-64-104(22-10,23-11)24-12)72-90(108-94)92-74(50-34-26-30-46-62-102(16-4,17-5)18-6)70-88(106-92)78-67-85(81-55-39-43-59-97-81)100-86(68-78)82-56-40-44-60-98-82/h37-44,53-60,65-72H,13-36,45-52,61-64H2,1-12H3/q+4. The zero-order chi connectivity index (χ0) is 76.2. The average Bonchev–Trinajstić information content (AvgIpc) is 1.60. The van der Waals surface area contributed by atoms with E-state index in [-0.39, 0.29) is 0 Å². The highest BCUT2D eigenvalue weighted by Gasteiger charge is 2.34. The van der Waals surface area contributed by atoms with Crippen LogP contribution in [0.5, 0.6) is 0 Å². The summed E-state index contributed by atoms with van der Waals surface area (Å²) >= 11 is 8.28. The molecule has 108 heavy (non-hydrogen) atoms. The van der Waals surface area contributed by atoms with Crippen LogP contribution in [0.1, 0.15) is 208 Å². The number of pyridine rings is 6. The van der Waals surface area contributed by atoms with Gasteiger partial charge in [0.05, 0.1) is 144 Å². The van der Waals surface area contributed by atoms with Gasteiger partial charge in [-0.3, -0.25) is 19.9 Å². The lowest BCUT2D eigenvalue weighted by Crippen LogP contribution is -2.07. The van der Waals surface area contributed by atoms with Crippen molar-refractivity contribution in [2.45, 2.75) is 212 Å². The van der Waals surface area contributed by atoms with Gasteiger partial charge >= 0.3 is 0 Å². The van der Waals surface area contributed by atoms with Gasteiger partial charge in [0, 0.05) is 92.9 Å². The molecule has 0 fully saturated rings.